The molecular weight excluding hydrogens is 256 g/mol. The average Bonchev–Trinajstić information content (AvgIpc) is 2.30. The van der Waals surface area contributed by atoms with Gasteiger partial charge in [-0.1, -0.05) is 6.92 Å². The third-order valence-electron chi connectivity index (χ3n) is 2.48. The molecule has 0 spiro atoms. The maximum atomic E-state index is 5.76. The molecular formula is C15H26N2OS. The van der Waals surface area contributed by atoms with Crippen molar-refractivity contribution in [2.75, 3.05) is 25.1 Å². The van der Waals surface area contributed by atoms with Crippen molar-refractivity contribution in [3.63, 3.8) is 0 Å². The standard InChI is InChI=1S/C15H26N2OS/c1-6-19-10-9-17(5)12-13-7-8-14(11-16-13)18-15(2,3)4/h7-8,11H,6,9-10,12H2,1-5H3. The van der Waals surface area contributed by atoms with Gasteiger partial charge in [0.05, 0.1) is 11.9 Å². The number of rotatable bonds is 7. The molecule has 108 valence electrons. The number of thioether (sulfide) groups is 1. The van der Waals surface area contributed by atoms with Crippen LogP contribution in [0.2, 0.25) is 0 Å². The summed E-state index contributed by atoms with van der Waals surface area (Å²) in [6, 6.07) is 4.05. The van der Waals surface area contributed by atoms with Gasteiger partial charge in [0.1, 0.15) is 11.4 Å². The van der Waals surface area contributed by atoms with Crippen molar-refractivity contribution in [3.8, 4) is 5.75 Å². The van der Waals surface area contributed by atoms with Crippen LogP contribution in [0.15, 0.2) is 18.3 Å². The first-order valence-corrected chi connectivity index (χ1v) is 7.96. The molecule has 1 heterocycles. The van der Waals surface area contributed by atoms with Crippen LogP contribution < -0.4 is 4.74 Å². The summed E-state index contributed by atoms with van der Waals surface area (Å²) in [7, 11) is 2.14. The van der Waals surface area contributed by atoms with Crippen LogP contribution in [0.1, 0.15) is 33.4 Å². The fourth-order valence-electron chi connectivity index (χ4n) is 1.64. The second-order valence-corrected chi connectivity index (χ2v) is 7.03. The van der Waals surface area contributed by atoms with Crippen molar-refractivity contribution < 1.29 is 4.74 Å². The van der Waals surface area contributed by atoms with Crippen LogP contribution in [0.25, 0.3) is 0 Å². The molecule has 1 aromatic rings. The smallest absolute Gasteiger partial charge is 0.138 e. The van der Waals surface area contributed by atoms with Gasteiger partial charge in [-0.2, -0.15) is 11.8 Å². The summed E-state index contributed by atoms with van der Waals surface area (Å²) in [5.74, 6) is 3.20. The van der Waals surface area contributed by atoms with E-state index in [4.69, 9.17) is 4.74 Å². The van der Waals surface area contributed by atoms with Gasteiger partial charge < -0.3 is 4.74 Å². The van der Waals surface area contributed by atoms with Gasteiger partial charge in [-0.3, -0.25) is 9.88 Å². The van der Waals surface area contributed by atoms with E-state index in [1.807, 2.05) is 50.9 Å². The Bertz CT molecular complexity index is 359. The summed E-state index contributed by atoms with van der Waals surface area (Å²) >= 11 is 1.97. The molecule has 0 aromatic carbocycles. The van der Waals surface area contributed by atoms with E-state index < -0.39 is 0 Å². The Morgan fingerprint density at radius 3 is 2.58 bits per heavy atom. The number of nitrogens with zero attached hydrogens (tertiary/aromatic N) is 2. The quantitative estimate of drug-likeness (QED) is 0.715. The first kappa shape index (κ1) is 16.3. The van der Waals surface area contributed by atoms with Crippen LogP contribution in [0, 0.1) is 0 Å². The van der Waals surface area contributed by atoms with Crippen LogP contribution in [0.4, 0.5) is 0 Å². The van der Waals surface area contributed by atoms with Crippen LogP contribution in [-0.2, 0) is 6.54 Å². The molecule has 0 aliphatic heterocycles. The molecule has 4 heteroatoms. The lowest BCUT2D eigenvalue weighted by Crippen LogP contribution is -2.23. The first-order chi connectivity index (χ1) is 8.90. The molecule has 0 fully saturated rings. The van der Waals surface area contributed by atoms with E-state index in [1.165, 1.54) is 11.5 Å². The molecule has 0 atom stereocenters. The predicted octanol–water partition coefficient (Wildman–Crippen LogP) is 3.44. The van der Waals surface area contributed by atoms with Crippen LogP contribution in [0.5, 0.6) is 5.75 Å². The van der Waals surface area contributed by atoms with Gasteiger partial charge in [0, 0.05) is 18.8 Å². The minimum Gasteiger partial charge on any atom is -0.487 e. The minimum atomic E-state index is -0.169. The molecule has 0 bridgehead atoms. The zero-order valence-corrected chi connectivity index (χ0v) is 13.6. The number of hydrogen-bond donors (Lipinski definition) is 0. The molecule has 0 saturated carbocycles. The SMILES string of the molecule is CCSCCN(C)Cc1ccc(OC(C)(C)C)cn1. The number of hydrogen-bond acceptors (Lipinski definition) is 4. The lowest BCUT2D eigenvalue weighted by molar-refractivity contribution is 0.130. The summed E-state index contributed by atoms with van der Waals surface area (Å²) < 4.78 is 5.76. The molecule has 19 heavy (non-hydrogen) atoms. The molecule has 0 amide bonds. The van der Waals surface area contributed by atoms with Crippen molar-refractivity contribution in [1.82, 2.24) is 9.88 Å². The Hall–Kier alpha value is -0.740. The number of pyridine rings is 1. The fraction of sp³-hybridized carbons (Fsp3) is 0.667. The van der Waals surface area contributed by atoms with E-state index in [0.29, 0.717) is 0 Å². The topological polar surface area (TPSA) is 25.4 Å². The van der Waals surface area contributed by atoms with E-state index in [0.717, 1.165) is 24.5 Å². The summed E-state index contributed by atoms with van der Waals surface area (Å²) in [5, 5.41) is 0. The highest BCUT2D eigenvalue weighted by Crippen LogP contribution is 2.17. The Labute approximate surface area is 121 Å². The highest BCUT2D eigenvalue weighted by molar-refractivity contribution is 7.99. The molecule has 3 nitrogen and oxygen atoms in total. The van der Waals surface area contributed by atoms with Crippen molar-refractivity contribution in [1.29, 1.82) is 0 Å². The lowest BCUT2D eigenvalue weighted by atomic mass is 10.2. The average molecular weight is 282 g/mol. The molecule has 0 aliphatic rings. The third-order valence-corrected chi connectivity index (χ3v) is 3.35. The van der Waals surface area contributed by atoms with Crippen molar-refractivity contribution in [3.05, 3.63) is 24.0 Å². The van der Waals surface area contributed by atoms with Gasteiger partial charge in [0.25, 0.3) is 0 Å². The molecule has 0 unspecified atom stereocenters. The molecule has 0 radical (unpaired) electrons. The van der Waals surface area contributed by atoms with Gasteiger partial charge in [-0.15, -0.1) is 0 Å². The van der Waals surface area contributed by atoms with E-state index >= 15 is 0 Å². The Morgan fingerprint density at radius 2 is 2.05 bits per heavy atom. The molecule has 1 aromatic heterocycles. The Kier molecular flexibility index (Phi) is 6.66. The van der Waals surface area contributed by atoms with E-state index in [9.17, 15) is 0 Å². The molecule has 0 N–H and O–H groups in total. The number of aromatic nitrogens is 1. The van der Waals surface area contributed by atoms with Gasteiger partial charge in [-0.25, -0.2) is 0 Å². The van der Waals surface area contributed by atoms with Gasteiger partial charge in [0.2, 0.25) is 0 Å². The predicted molar refractivity (Wildman–Crippen MR) is 84.0 cm³/mol. The van der Waals surface area contributed by atoms with Crippen molar-refractivity contribution in [2.45, 2.75) is 39.8 Å². The Balaban J connectivity index is 2.43. The Morgan fingerprint density at radius 1 is 1.32 bits per heavy atom. The maximum absolute atomic E-state index is 5.76. The summed E-state index contributed by atoms with van der Waals surface area (Å²) in [6.07, 6.45) is 1.81. The van der Waals surface area contributed by atoms with Crippen LogP contribution >= 0.6 is 11.8 Å². The van der Waals surface area contributed by atoms with E-state index in [1.54, 1.807) is 0 Å². The summed E-state index contributed by atoms with van der Waals surface area (Å²) in [4.78, 5) is 6.76. The zero-order valence-electron chi connectivity index (χ0n) is 12.8. The van der Waals surface area contributed by atoms with Gasteiger partial charge in [-0.05, 0) is 45.7 Å². The summed E-state index contributed by atoms with van der Waals surface area (Å²) in [6.45, 7) is 10.3. The largest absolute Gasteiger partial charge is 0.487 e. The monoisotopic (exact) mass is 282 g/mol. The van der Waals surface area contributed by atoms with E-state index in [2.05, 4.69) is 23.9 Å². The summed E-state index contributed by atoms with van der Waals surface area (Å²) in [5.41, 5.74) is 0.919. The fourth-order valence-corrected chi connectivity index (χ4v) is 2.37. The highest BCUT2D eigenvalue weighted by atomic mass is 32.2. The van der Waals surface area contributed by atoms with Crippen LogP contribution in [0.3, 0.4) is 0 Å². The lowest BCUT2D eigenvalue weighted by Gasteiger charge is -2.21. The third kappa shape index (κ3) is 7.43. The van der Waals surface area contributed by atoms with Crippen molar-refractivity contribution >= 4 is 11.8 Å². The first-order valence-electron chi connectivity index (χ1n) is 6.81. The van der Waals surface area contributed by atoms with Crippen LogP contribution in [-0.4, -0.2) is 40.6 Å². The van der Waals surface area contributed by atoms with Gasteiger partial charge in [0.15, 0.2) is 0 Å². The van der Waals surface area contributed by atoms with Crippen molar-refractivity contribution in [2.24, 2.45) is 0 Å². The van der Waals surface area contributed by atoms with E-state index in [-0.39, 0.29) is 5.60 Å². The number of ether oxygens (including phenoxy) is 1. The second-order valence-electron chi connectivity index (χ2n) is 5.63. The molecule has 0 aliphatic carbocycles. The molecule has 0 saturated heterocycles. The molecule has 1 rings (SSSR count). The normalized spacial score (nSPS) is 11.9. The second kappa shape index (κ2) is 7.75. The minimum absolute atomic E-state index is 0.169. The zero-order chi connectivity index (χ0) is 14.3. The highest BCUT2D eigenvalue weighted by Gasteiger charge is 2.11. The van der Waals surface area contributed by atoms with Gasteiger partial charge >= 0.3 is 0 Å². The maximum Gasteiger partial charge on any atom is 0.138 e.